The number of rotatable bonds is 1. The van der Waals surface area contributed by atoms with E-state index >= 15 is 0 Å². The third-order valence-electron chi connectivity index (χ3n) is 3.32. The lowest BCUT2D eigenvalue weighted by Gasteiger charge is -2.39. The van der Waals surface area contributed by atoms with Crippen molar-refractivity contribution >= 4 is 0 Å². The van der Waals surface area contributed by atoms with E-state index in [9.17, 15) is 0 Å². The van der Waals surface area contributed by atoms with Crippen LogP contribution in [-0.2, 0) is 9.47 Å². The molecule has 2 nitrogen and oxygen atoms in total. The molecule has 0 N–H and O–H groups in total. The Morgan fingerprint density at radius 1 is 1.07 bits per heavy atom. The normalized spacial score (nSPS) is 36.2. The molecule has 1 saturated heterocycles. The lowest BCUT2D eigenvalue weighted by molar-refractivity contribution is -0.169. The first-order valence-corrected chi connectivity index (χ1v) is 5.87. The van der Waals surface area contributed by atoms with E-state index in [1.54, 1.807) is 0 Å². The van der Waals surface area contributed by atoms with E-state index in [2.05, 4.69) is 41.5 Å². The van der Waals surface area contributed by atoms with Crippen molar-refractivity contribution < 1.29 is 9.47 Å². The van der Waals surface area contributed by atoms with Gasteiger partial charge in [-0.25, -0.2) is 0 Å². The van der Waals surface area contributed by atoms with Crippen LogP contribution in [0.2, 0.25) is 0 Å². The summed E-state index contributed by atoms with van der Waals surface area (Å²) in [5, 5.41) is 0. The summed E-state index contributed by atoms with van der Waals surface area (Å²) < 4.78 is 12.2. The van der Waals surface area contributed by atoms with Gasteiger partial charge < -0.3 is 9.47 Å². The van der Waals surface area contributed by atoms with Crippen molar-refractivity contribution in [3.8, 4) is 0 Å². The van der Waals surface area contributed by atoms with Crippen LogP contribution in [0.25, 0.3) is 0 Å². The smallest absolute Gasteiger partial charge is 0.164 e. The summed E-state index contributed by atoms with van der Waals surface area (Å²) in [6, 6.07) is 0. The van der Waals surface area contributed by atoms with E-state index in [0.29, 0.717) is 5.92 Å². The van der Waals surface area contributed by atoms with Crippen molar-refractivity contribution in [3.63, 3.8) is 0 Å². The van der Waals surface area contributed by atoms with Gasteiger partial charge in [0.05, 0.1) is 11.7 Å². The second kappa shape index (κ2) is 3.46. The molecule has 2 unspecified atom stereocenters. The Morgan fingerprint density at radius 2 is 1.53 bits per heavy atom. The summed E-state index contributed by atoms with van der Waals surface area (Å²) in [6.45, 7) is 17.2. The second-order valence-corrected chi connectivity index (χ2v) is 6.70. The molecule has 0 amide bonds. The Bertz CT molecular complexity index is 237. The Labute approximate surface area is 94.3 Å². The van der Waals surface area contributed by atoms with Gasteiger partial charge in [-0.2, -0.15) is 0 Å². The quantitative estimate of drug-likeness (QED) is 0.664. The van der Waals surface area contributed by atoms with Crippen LogP contribution in [0.1, 0.15) is 55.4 Å². The SMILES string of the molecule is CC(C)C1(C)OC(C)(C)OC1C(C)(C)C. The molecule has 0 saturated carbocycles. The van der Waals surface area contributed by atoms with Crippen molar-refractivity contribution in [2.45, 2.75) is 72.9 Å². The van der Waals surface area contributed by atoms with E-state index in [4.69, 9.17) is 9.47 Å². The highest BCUT2D eigenvalue weighted by Gasteiger charge is 2.55. The average molecular weight is 214 g/mol. The van der Waals surface area contributed by atoms with Gasteiger partial charge in [0.2, 0.25) is 0 Å². The van der Waals surface area contributed by atoms with Gasteiger partial charge in [-0.05, 0) is 32.1 Å². The zero-order valence-corrected chi connectivity index (χ0v) is 11.5. The molecule has 0 aromatic rings. The Morgan fingerprint density at radius 3 is 1.80 bits per heavy atom. The van der Waals surface area contributed by atoms with Gasteiger partial charge >= 0.3 is 0 Å². The molecular formula is C13H26O2. The molecule has 1 fully saturated rings. The first-order chi connectivity index (χ1) is 6.49. The largest absolute Gasteiger partial charge is 0.344 e. The zero-order chi connectivity index (χ0) is 12.1. The Balaban J connectivity index is 3.04. The van der Waals surface area contributed by atoms with Crippen LogP contribution in [0, 0.1) is 11.3 Å². The van der Waals surface area contributed by atoms with Gasteiger partial charge in [0.25, 0.3) is 0 Å². The Hall–Kier alpha value is -0.0800. The molecule has 1 heterocycles. The van der Waals surface area contributed by atoms with Crippen molar-refractivity contribution in [2.75, 3.05) is 0 Å². The molecule has 1 aliphatic rings. The van der Waals surface area contributed by atoms with Crippen molar-refractivity contribution in [1.29, 1.82) is 0 Å². The molecule has 1 aliphatic heterocycles. The van der Waals surface area contributed by atoms with Gasteiger partial charge in [0, 0.05) is 0 Å². The fourth-order valence-corrected chi connectivity index (χ4v) is 2.47. The molecular weight excluding hydrogens is 188 g/mol. The minimum absolute atomic E-state index is 0.104. The monoisotopic (exact) mass is 214 g/mol. The van der Waals surface area contributed by atoms with E-state index in [1.807, 2.05) is 13.8 Å². The van der Waals surface area contributed by atoms with Crippen molar-refractivity contribution in [3.05, 3.63) is 0 Å². The number of hydrogen-bond acceptors (Lipinski definition) is 2. The van der Waals surface area contributed by atoms with E-state index < -0.39 is 5.79 Å². The lowest BCUT2D eigenvalue weighted by Crippen LogP contribution is -2.48. The van der Waals surface area contributed by atoms with Gasteiger partial charge in [0.15, 0.2) is 5.79 Å². The van der Waals surface area contributed by atoms with Crippen LogP contribution in [-0.4, -0.2) is 17.5 Å². The molecule has 0 aromatic carbocycles. The van der Waals surface area contributed by atoms with E-state index in [0.717, 1.165) is 0 Å². The maximum Gasteiger partial charge on any atom is 0.164 e. The molecule has 0 aromatic heterocycles. The topological polar surface area (TPSA) is 18.5 Å². The minimum Gasteiger partial charge on any atom is -0.344 e. The summed E-state index contributed by atoms with van der Waals surface area (Å²) in [5.41, 5.74) is -0.0887. The maximum atomic E-state index is 6.11. The zero-order valence-electron chi connectivity index (χ0n) is 11.5. The fraction of sp³-hybridized carbons (Fsp3) is 1.00. The van der Waals surface area contributed by atoms with Crippen molar-refractivity contribution in [2.24, 2.45) is 11.3 Å². The average Bonchev–Trinajstić information content (AvgIpc) is 2.21. The van der Waals surface area contributed by atoms with Crippen molar-refractivity contribution in [1.82, 2.24) is 0 Å². The first-order valence-electron chi connectivity index (χ1n) is 5.87. The van der Waals surface area contributed by atoms with Crippen LogP contribution in [0.15, 0.2) is 0 Å². The third kappa shape index (κ3) is 2.36. The number of hydrogen-bond donors (Lipinski definition) is 0. The fourth-order valence-electron chi connectivity index (χ4n) is 2.47. The highest BCUT2D eigenvalue weighted by Crippen LogP contribution is 2.47. The van der Waals surface area contributed by atoms with E-state index in [1.165, 1.54) is 0 Å². The molecule has 15 heavy (non-hydrogen) atoms. The van der Waals surface area contributed by atoms with Crippen LogP contribution >= 0.6 is 0 Å². The predicted molar refractivity (Wildman–Crippen MR) is 62.7 cm³/mol. The Kier molecular flexibility index (Phi) is 2.99. The van der Waals surface area contributed by atoms with Gasteiger partial charge in [0.1, 0.15) is 0 Å². The summed E-state index contributed by atoms with van der Waals surface area (Å²) in [4.78, 5) is 0. The molecule has 0 radical (unpaired) electrons. The molecule has 0 spiro atoms. The second-order valence-electron chi connectivity index (χ2n) is 6.70. The molecule has 90 valence electrons. The van der Waals surface area contributed by atoms with Crippen LogP contribution < -0.4 is 0 Å². The standard InChI is InChI=1S/C13H26O2/c1-9(2)13(8)10(11(3,4)5)14-12(6,7)15-13/h9-10H,1-8H3. The lowest BCUT2D eigenvalue weighted by atomic mass is 9.74. The summed E-state index contributed by atoms with van der Waals surface area (Å²) in [6.07, 6.45) is 0.139. The van der Waals surface area contributed by atoms with Crippen LogP contribution in [0.3, 0.4) is 0 Å². The molecule has 1 rings (SSSR count). The predicted octanol–water partition coefficient (Wildman–Crippen LogP) is 3.60. The van der Waals surface area contributed by atoms with E-state index in [-0.39, 0.29) is 17.1 Å². The van der Waals surface area contributed by atoms with Crippen LogP contribution in [0.5, 0.6) is 0 Å². The molecule has 0 bridgehead atoms. The van der Waals surface area contributed by atoms with Crippen LogP contribution in [0.4, 0.5) is 0 Å². The van der Waals surface area contributed by atoms with Gasteiger partial charge in [-0.3, -0.25) is 0 Å². The number of ether oxygens (including phenoxy) is 2. The minimum atomic E-state index is -0.461. The highest BCUT2D eigenvalue weighted by molar-refractivity contribution is 5.00. The summed E-state index contributed by atoms with van der Waals surface area (Å²) in [7, 11) is 0. The highest BCUT2D eigenvalue weighted by atomic mass is 16.8. The summed E-state index contributed by atoms with van der Waals surface area (Å²) in [5.74, 6) is -0.0137. The molecule has 2 atom stereocenters. The molecule has 0 aliphatic carbocycles. The third-order valence-corrected chi connectivity index (χ3v) is 3.32. The van der Waals surface area contributed by atoms with Gasteiger partial charge in [-0.15, -0.1) is 0 Å². The summed E-state index contributed by atoms with van der Waals surface area (Å²) >= 11 is 0. The molecule has 2 heteroatoms. The maximum absolute atomic E-state index is 6.11. The first kappa shape index (κ1) is 13.0. The van der Waals surface area contributed by atoms with Gasteiger partial charge in [-0.1, -0.05) is 34.6 Å².